The Hall–Kier alpha value is -4.71. The van der Waals surface area contributed by atoms with E-state index in [2.05, 4.69) is 68.1 Å². The fourth-order valence-electron chi connectivity index (χ4n) is 7.04. The van der Waals surface area contributed by atoms with Crippen molar-refractivity contribution < 1.29 is 28.3 Å². The largest absolute Gasteiger partial charge is 0.464 e. The number of nitrogens with one attached hydrogen (secondary N) is 2. The second-order valence-corrected chi connectivity index (χ2v) is 15.7. The summed E-state index contributed by atoms with van der Waals surface area (Å²) in [7, 11) is 0. The zero-order chi connectivity index (χ0) is 36.7. The average molecular weight is 699 g/mol. The molecule has 2 N–H and O–H groups in total. The van der Waals surface area contributed by atoms with Crippen LogP contribution in [0.2, 0.25) is 0 Å². The van der Waals surface area contributed by atoms with Gasteiger partial charge in [-0.25, -0.2) is 15.2 Å². The number of nitrogens with zero attached hydrogens (tertiary/aromatic N) is 4. The monoisotopic (exact) mass is 698 g/mol. The zero-order valence-electron chi connectivity index (χ0n) is 31.0. The Balaban J connectivity index is 1.49. The number of fused-ring (bicyclic) bond motifs is 6. The van der Waals surface area contributed by atoms with E-state index in [1.165, 1.54) is 11.3 Å². The Morgan fingerprint density at radius 2 is 1.98 bits per heavy atom. The lowest BCUT2D eigenvalue weighted by atomic mass is 9.84. The lowest BCUT2D eigenvalue weighted by Crippen LogP contribution is -2.60. The molecule has 1 fully saturated rings. The number of oxazole rings is 1. The van der Waals surface area contributed by atoms with Crippen molar-refractivity contribution in [2.24, 2.45) is 5.41 Å². The number of aryl methyl sites for hydroxylation is 1. The van der Waals surface area contributed by atoms with E-state index in [0.29, 0.717) is 37.4 Å². The first-order chi connectivity index (χ1) is 24.1. The number of carbonyl (C=O) groups excluding carboxylic acids is 3. The predicted molar refractivity (Wildman–Crippen MR) is 194 cm³/mol. The molecular weight excluding hydrogens is 648 g/mol. The number of hydrogen-bond acceptors (Lipinski definition) is 9. The highest BCUT2D eigenvalue weighted by Crippen LogP contribution is 2.41. The number of alkyl carbamates (subject to hydrolysis) is 1. The highest BCUT2D eigenvalue weighted by atomic mass is 16.6. The van der Waals surface area contributed by atoms with Crippen LogP contribution < -0.4 is 10.7 Å². The second-order valence-electron chi connectivity index (χ2n) is 15.7. The summed E-state index contributed by atoms with van der Waals surface area (Å²) in [5.74, 6) is -0.233. The quantitative estimate of drug-likeness (QED) is 0.227. The summed E-state index contributed by atoms with van der Waals surface area (Å²) >= 11 is 0. The van der Waals surface area contributed by atoms with Gasteiger partial charge in [-0.05, 0) is 88.8 Å². The van der Waals surface area contributed by atoms with Gasteiger partial charge >= 0.3 is 12.1 Å². The molecule has 2 atom stereocenters. The summed E-state index contributed by atoms with van der Waals surface area (Å²) in [6.07, 6.45) is 4.39. The van der Waals surface area contributed by atoms with Crippen LogP contribution in [-0.4, -0.2) is 68.4 Å². The maximum absolute atomic E-state index is 13.9. The number of hydrazine groups is 1. The van der Waals surface area contributed by atoms with E-state index in [0.717, 1.165) is 45.5 Å². The number of carbonyl (C=O) groups is 3. The van der Waals surface area contributed by atoms with Crippen LogP contribution >= 0.6 is 0 Å². The van der Waals surface area contributed by atoms with Crippen LogP contribution in [0.15, 0.2) is 47.2 Å². The van der Waals surface area contributed by atoms with Gasteiger partial charge in [0.15, 0.2) is 0 Å². The van der Waals surface area contributed by atoms with Crippen LogP contribution in [0.25, 0.3) is 33.6 Å². The number of rotatable bonds is 4. The number of benzene rings is 1. The van der Waals surface area contributed by atoms with Gasteiger partial charge in [0.2, 0.25) is 5.89 Å². The van der Waals surface area contributed by atoms with Crippen LogP contribution in [0.4, 0.5) is 4.79 Å². The van der Waals surface area contributed by atoms with Crippen LogP contribution in [0.5, 0.6) is 0 Å². The molecule has 0 spiro atoms. The van der Waals surface area contributed by atoms with Crippen LogP contribution in [0.1, 0.15) is 91.1 Å². The Morgan fingerprint density at radius 3 is 2.71 bits per heavy atom. The molecule has 12 heteroatoms. The SMILES string of the molecule is CCn1c(-c2cccnc2C(C)C)c2c3cc(ccc31)-c1nc(co1)C[C@H](NC(=O)OC(C)(C)C)C(=O)N1CCC[C@H](N1)C(=O)OCC(C)(C)C2. The molecule has 1 saturated heterocycles. The van der Waals surface area contributed by atoms with Crippen molar-refractivity contribution >= 4 is 28.9 Å². The van der Waals surface area contributed by atoms with E-state index in [1.807, 2.05) is 18.3 Å². The van der Waals surface area contributed by atoms with Crippen LogP contribution in [0.3, 0.4) is 0 Å². The summed E-state index contributed by atoms with van der Waals surface area (Å²) in [5, 5.41) is 5.18. The lowest BCUT2D eigenvalue weighted by molar-refractivity contribution is -0.155. The molecule has 6 bridgehead atoms. The van der Waals surface area contributed by atoms with Gasteiger partial charge in [0.05, 0.1) is 23.7 Å². The van der Waals surface area contributed by atoms with Crippen molar-refractivity contribution in [2.75, 3.05) is 13.2 Å². The Kier molecular flexibility index (Phi) is 10.0. The smallest absolute Gasteiger partial charge is 0.408 e. The molecule has 3 aromatic heterocycles. The molecule has 0 radical (unpaired) electrons. The molecule has 6 rings (SSSR count). The molecular formula is C39H50N6O6. The van der Waals surface area contributed by atoms with Crippen molar-refractivity contribution in [1.29, 1.82) is 0 Å². The van der Waals surface area contributed by atoms with E-state index in [4.69, 9.17) is 23.9 Å². The Morgan fingerprint density at radius 1 is 1.20 bits per heavy atom. The third-order valence-corrected chi connectivity index (χ3v) is 9.32. The standard InChI is InChI=1S/C39H50N6O6/c1-9-44-31-15-14-24-18-27(31)28(33(44)26-12-10-16-40-32(26)23(2)3)20-39(7,8)22-50-36(47)29-13-11-17-45(43-29)35(46)30(19-25-21-49-34(24)41-25)42-37(48)51-38(4,5)6/h10,12,14-16,18,21,23,29-30,43H,9,11,13,17,19-20,22H2,1-8H3,(H,42,48)/t29-,30-/m0/s1. The molecule has 12 nitrogen and oxygen atoms in total. The van der Waals surface area contributed by atoms with Crippen molar-refractivity contribution in [1.82, 2.24) is 30.3 Å². The first kappa shape index (κ1) is 36.1. The number of amides is 2. The Labute approximate surface area is 299 Å². The number of hydrogen-bond donors (Lipinski definition) is 2. The predicted octanol–water partition coefficient (Wildman–Crippen LogP) is 6.56. The van der Waals surface area contributed by atoms with Crippen molar-refractivity contribution in [3.63, 3.8) is 0 Å². The maximum atomic E-state index is 13.9. The fraction of sp³-hybridized carbons (Fsp3) is 0.513. The van der Waals surface area contributed by atoms with E-state index in [-0.39, 0.29) is 18.9 Å². The van der Waals surface area contributed by atoms with E-state index < -0.39 is 41.1 Å². The van der Waals surface area contributed by atoms with Gasteiger partial charge in [0.1, 0.15) is 23.9 Å². The highest BCUT2D eigenvalue weighted by Gasteiger charge is 2.36. The van der Waals surface area contributed by atoms with Gasteiger partial charge in [0, 0.05) is 53.2 Å². The molecule has 0 saturated carbocycles. The normalized spacial score (nSPS) is 19.9. The number of aromatic nitrogens is 3. The molecule has 1 aromatic carbocycles. The topological polar surface area (TPSA) is 141 Å². The van der Waals surface area contributed by atoms with E-state index in [1.54, 1.807) is 20.8 Å². The van der Waals surface area contributed by atoms with Crippen molar-refractivity contribution in [3.8, 4) is 22.7 Å². The first-order valence-corrected chi connectivity index (χ1v) is 17.9. The highest BCUT2D eigenvalue weighted by molar-refractivity contribution is 5.95. The summed E-state index contributed by atoms with van der Waals surface area (Å²) in [6, 6.07) is 8.56. The van der Waals surface area contributed by atoms with E-state index in [9.17, 15) is 14.4 Å². The minimum Gasteiger partial charge on any atom is -0.464 e. The van der Waals surface area contributed by atoms with Crippen LogP contribution in [-0.2, 0) is 38.4 Å². The van der Waals surface area contributed by atoms with Gasteiger partial charge in [-0.2, -0.15) is 0 Å². The molecule has 2 aliphatic rings. The summed E-state index contributed by atoms with van der Waals surface area (Å²) < 4.78 is 19.9. The molecule has 0 unspecified atom stereocenters. The van der Waals surface area contributed by atoms with E-state index >= 15 is 0 Å². The average Bonchev–Trinajstić information content (AvgIpc) is 3.67. The number of ether oxygens (including phenoxy) is 2. The fourth-order valence-corrected chi connectivity index (χ4v) is 7.04. The summed E-state index contributed by atoms with van der Waals surface area (Å²) in [5.41, 5.74) is 8.51. The third kappa shape index (κ3) is 7.80. The first-order valence-electron chi connectivity index (χ1n) is 17.9. The van der Waals surface area contributed by atoms with Gasteiger partial charge in [0.25, 0.3) is 5.91 Å². The van der Waals surface area contributed by atoms with Gasteiger partial charge < -0.3 is 23.8 Å². The molecule has 272 valence electrons. The molecule has 2 amide bonds. The minimum atomic E-state index is -1.04. The van der Waals surface area contributed by atoms with Crippen molar-refractivity contribution in [3.05, 3.63) is 59.7 Å². The zero-order valence-corrected chi connectivity index (χ0v) is 31.0. The summed E-state index contributed by atoms with van der Waals surface area (Å²) in [4.78, 5) is 50.0. The van der Waals surface area contributed by atoms with Gasteiger partial charge in [-0.15, -0.1) is 0 Å². The third-order valence-electron chi connectivity index (χ3n) is 9.32. The maximum Gasteiger partial charge on any atom is 0.408 e. The van der Waals surface area contributed by atoms with Gasteiger partial charge in [-0.3, -0.25) is 19.6 Å². The second kappa shape index (κ2) is 14.1. The summed E-state index contributed by atoms with van der Waals surface area (Å²) in [6.45, 7) is 17.2. The number of cyclic esters (lactones) is 1. The molecule has 51 heavy (non-hydrogen) atoms. The van der Waals surface area contributed by atoms with Crippen molar-refractivity contribution in [2.45, 2.75) is 111 Å². The minimum absolute atomic E-state index is 0.0475. The molecule has 4 aromatic rings. The molecule has 0 aliphatic carbocycles. The number of pyridine rings is 1. The number of esters is 1. The lowest BCUT2D eigenvalue weighted by Gasteiger charge is -2.35. The molecule has 5 heterocycles. The molecule has 2 aliphatic heterocycles. The van der Waals surface area contributed by atoms with Gasteiger partial charge in [-0.1, -0.05) is 27.7 Å². The van der Waals surface area contributed by atoms with Crippen LogP contribution in [0, 0.1) is 5.41 Å². The Bertz CT molecular complexity index is 1940.